The number of ether oxygens (including phenoxy) is 1. The van der Waals surface area contributed by atoms with Crippen LogP contribution >= 0.6 is 0 Å². The van der Waals surface area contributed by atoms with Crippen LogP contribution in [0, 0.1) is 5.92 Å². The minimum Gasteiger partial charge on any atom is -0.496 e. The average Bonchev–Trinajstić information content (AvgIpc) is 2.61. The Kier molecular flexibility index (Phi) is 6.23. The molecule has 6 nitrogen and oxygen atoms in total. The van der Waals surface area contributed by atoms with Crippen molar-refractivity contribution in [2.75, 3.05) is 33.0 Å². The topological polar surface area (TPSA) is 66.9 Å². The van der Waals surface area contributed by atoms with Gasteiger partial charge in [0.1, 0.15) is 5.75 Å². The number of para-hydroxylation sites is 1. The van der Waals surface area contributed by atoms with E-state index in [1.165, 1.54) is 4.31 Å². The smallest absolute Gasteiger partial charge is 0.225 e. The number of benzene rings is 1. The van der Waals surface area contributed by atoms with Gasteiger partial charge in [0.25, 0.3) is 0 Å². The first-order valence-electron chi connectivity index (χ1n) is 8.23. The predicted molar refractivity (Wildman–Crippen MR) is 93.2 cm³/mol. The average molecular weight is 354 g/mol. The van der Waals surface area contributed by atoms with Crippen LogP contribution in [0.15, 0.2) is 24.3 Å². The second kappa shape index (κ2) is 7.98. The molecular formula is C17H26N2O4S. The number of carbonyl (C=O) groups excluding carboxylic acids is 1. The van der Waals surface area contributed by atoms with Crippen molar-refractivity contribution < 1.29 is 17.9 Å². The van der Waals surface area contributed by atoms with Gasteiger partial charge in [-0.2, -0.15) is 0 Å². The van der Waals surface area contributed by atoms with Crippen molar-refractivity contribution in [3.05, 3.63) is 29.8 Å². The van der Waals surface area contributed by atoms with Crippen LogP contribution in [0.2, 0.25) is 0 Å². The third kappa shape index (κ3) is 4.27. The van der Waals surface area contributed by atoms with Crippen LogP contribution in [0.5, 0.6) is 5.75 Å². The van der Waals surface area contributed by atoms with Gasteiger partial charge in [-0.3, -0.25) is 4.79 Å². The van der Waals surface area contributed by atoms with Gasteiger partial charge in [-0.15, -0.1) is 0 Å². The Bertz CT molecular complexity index is 667. The van der Waals surface area contributed by atoms with Crippen LogP contribution in [0.4, 0.5) is 0 Å². The van der Waals surface area contributed by atoms with Gasteiger partial charge < -0.3 is 9.64 Å². The molecule has 0 bridgehead atoms. The Morgan fingerprint density at radius 2 is 1.92 bits per heavy atom. The van der Waals surface area contributed by atoms with E-state index in [0.29, 0.717) is 32.5 Å². The van der Waals surface area contributed by atoms with Gasteiger partial charge in [0, 0.05) is 38.2 Å². The van der Waals surface area contributed by atoms with Crippen LogP contribution in [0.25, 0.3) is 0 Å². The van der Waals surface area contributed by atoms with Crippen LogP contribution in [-0.4, -0.2) is 56.5 Å². The number of nitrogens with zero attached hydrogens (tertiary/aromatic N) is 2. The molecule has 0 N–H and O–H groups in total. The van der Waals surface area contributed by atoms with E-state index in [-0.39, 0.29) is 17.6 Å². The lowest BCUT2D eigenvalue weighted by Gasteiger charge is -2.32. The summed E-state index contributed by atoms with van der Waals surface area (Å²) >= 11 is 0. The summed E-state index contributed by atoms with van der Waals surface area (Å²) in [6.07, 6.45) is 1.16. The first kappa shape index (κ1) is 18.7. The monoisotopic (exact) mass is 354 g/mol. The summed E-state index contributed by atoms with van der Waals surface area (Å²) in [7, 11) is 0.241. The van der Waals surface area contributed by atoms with E-state index >= 15 is 0 Å². The molecule has 24 heavy (non-hydrogen) atoms. The van der Waals surface area contributed by atoms with E-state index < -0.39 is 10.0 Å². The number of amides is 1. The maximum absolute atomic E-state index is 12.6. The highest BCUT2D eigenvalue weighted by Crippen LogP contribution is 2.24. The Hall–Kier alpha value is -1.60. The van der Waals surface area contributed by atoms with Crippen LogP contribution in [0.1, 0.15) is 25.3 Å². The summed E-state index contributed by atoms with van der Waals surface area (Å²) in [5.41, 5.74) is 0.960. The van der Waals surface area contributed by atoms with Gasteiger partial charge in [0.2, 0.25) is 15.9 Å². The predicted octanol–water partition coefficient (Wildman–Crippen LogP) is 1.72. The van der Waals surface area contributed by atoms with Gasteiger partial charge >= 0.3 is 0 Å². The summed E-state index contributed by atoms with van der Waals surface area (Å²) < 4.78 is 30.6. The van der Waals surface area contributed by atoms with Gasteiger partial charge in [0.05, 0.1) is 12.9 Å². The molecule has 0 spiro atoms. The molecule has 2 rings (SSSR count). The van der Waals surface area contributed by atoms with Gasteiger partial charge in [-0.1, -0.05) is 18.2 Å². The molecule has 0 saturated carbocycles. The number of sulfonamides is 1. The van der Waals surface area contributed by atoms with Crippen molar-refractivity contribution >= 4 is 15.9 Å². The standard InChI is InChI=1S/C17H26N2O4S/c1-4-24(21,22)19-11-9-14(10-12-19)17(20)18(2)13-15-7-5-6-8-16(15)23-3/h5-8,14H,4,9-13H2,1-3H3. The lowest BCUT2D eigenvalue weighted by Crippen LogP contribution is -2.43. The molecule has 1 aliphatic heterocycles. The van der Waals surface area contributed by atoms with Crippen LogP contribution in [-0.2, 0) is 21.4 Å². The molecule has 0 aromatic heterocycles. The van der Waals surface area contributed by atoms with Crippen molar-refractivity contribution in [3.63, 3.8) is 0 Å². The fraction of sp³-hybridized carbons (Fsp3) is 0.588. The number of hydrogen-bond acceptors (Lipinski definition) is 4. The molecule has 1 aliphatic rings. The second-order valence-corrected chi connectivity index (χ2v) is 8.34. The normalized spacial score (nSPS) is 16.8. The molecule has 0 aliphatic carbocycles. The first-order chi connectivity index (χ1) is 11.4. The third-order valence-electron chi connectivity index (χ3n) is 4.54. The molecule has 1 aromatic rings. The molecule has 1 fully saturated rings. The van der Waals surface area contributed by atoms with Crippen molar-refractivity contribution in [3.8, 4) is 5.75 Å². The molecule has 1 aromatic carbocycles. The molecule has 1 saturated heterocycles. The Balaban J connectivity index is 1.95. The lowest BCUT2D eigenvalue weighted by atomic mass is 9.96. The van der Waals surface area contributed by atoms with Crippen LogP contribution < -0.4 is 4.74 Å². The largest absolute Gasteiger partial charge is 0.496 e. The van der Waals surface area contributed by atoms with E-state index in [2.05, 4.69) is 0 Å². The summed E-state index contributed by atoms with van der Waals surface area (Å²) in [5.74, 6) is 0.822. The first-order valence-corrected chi connectivity index (χ1v) is 9.84. The van der Waals surface area contributed by atoms with E-state index in [1.54, 1.807) is 26.0 Å². The summed E-state index contributed by atoms with van der Waals surface area (Å²) in [4.78, 5) is 14.3. The second-order valence-electron chi connectivity index (χ2n) is 6.08. The highest BCUT2D eigenvalue weighted by atomic mass is 32.2. The lowest BCUT2D eigenvalue weighted by molar-refractivity contribution is -0.135. The zero-order chi connectivity index (χ0) is 17.7. The Labute approximate surface area is 144 Å². The molecule has 1 heterocycles. The third-order valence-corrected chi connectivity index (χ3v) is 6.42. The number of piperidine rings is 1. The van der Waals surface area contributed by atoms with Gasteiger partial charge in [0.15, 0.2) is 0 Å². The minimum atomic E-state index is -3.16. The van der Waals surface area contributed by atoms with Crippen molar-refractivity contribution in [1.29, 1.82) is 0 Å². The maximum atomic E-state index is 12.6. The zero-order valence-corrected chi connectivity index (χ0v) is 15.4. The molecule has 0 radical (unpaired) electrons. The van der Waals surface area contributed by atoms with E-state index in [1.807, 2.05) is 24.3 Å². The quantitative estimate of drug-likeness (QED) is 0.780. The fourth-order valence-electron chi connectivity index (χ4n) is 3.04. The highest BCUT2D eigenvalue weighted by Gasteiger charge is 2.31. The Morgan fingerprint density at radius 3 is 2.50 bits per heavy atom. The molecule has 0 unspecified atom stereocenters. The SMILES string of the molecule is CCS(=O)(=O)N1CCC(C(=O)N(C)Cc2ccccc2OC)CC1. The maximum Gasteiger partial charge on any atom is 0.225 e. The van der Waals surface area contributed by atoms with Crippen LogP contribution in [0.3, 0.4) is 0 Å². The molecule has 7 heteroatoms. The molecule has 134 valence electrons. The molecule has 1 amide bonds. The summed E-state index contributed by atoms with van der Waals surface area (Å²) in [6.45, 7) is 2.98. The number of rotatable bonds is 6. The Morgan fingerprint density at radius 1 is 1.29 bits per heavy atom. The highest BCUT2D eigenvalue weighted by molar-refractivity contribution is 7.89. The van der Waals surface area contributed by atoms with Gasteiger partial charge in [-0.25, -0.2) is 12.7 Å². The van der Waals surface area contributed by atoms with E-state index in [0.717, 1.165) is 11.3 Å². The van der Waals surface area contributed by atoms with Crippen molar-refractivity contribution in [1.82, 2.24) is 9.21 Å². The van der Waals surface area contributed by atoms with Crippen molar-refractivity contribution in [2.45, 2.75) is 26.3 Å². The summed E-state index contributed by atoms with van der Waals surface area (Å²) in [6, 6.07) is 7.64. The summed E-state index contributed by atoms with van der Waals surface area (Å²) in [5, 5.41) is 0. The minimum absolute atomic E-state index is 0.0643. The van der Waals surface area contributed by atoms with E-state index in [9.17, 15) is 13.2 Å². The molecular weight excluding hydrogens is 328 g/mol. The number of hydrogen-bond donors (Lipinski definition) is 0. The van der Waals surface area contributed by atoms with Crippen molar-refractivity contribution in [2.24, 2.45) is 5.92 Å². The van der Waals surface area contributed by atoms with Gasteiger partial charge in [-0.05, 0) is 25.8 Å². The zero-order valence-electron chi connectivity index (χ0n) is 14.6. The number of methoxy groups -OCH3 is 1. The fourth-order valence-corrected chi connectivity index (χ4v) is 4.17. The molecule has 0 atom stereocenters. The number of carbonyl (C=O) groups is 1. The van der Waals surface area contributed by atoms with E-state index in [4.69, 9.17) is 4.74 Å².